The van der Waals surface area contributed by atoms with Gasteiger partial charge in [0.1, 0.15) is 5.60 Å². The summed E-state index contributed by atoms with van der Waals surface area (Å²) in [6, 6.07) is 21.5. The van der Waals surface area contributed by atoms with E-state index in [-0.39, 0.29) is 5.60 Å². The van der Waals surface area contributed by atoms with Gasteiger partial charge in [0.25, 0.3) is 0 Å². The molecule has 0 aromatic heterocycles. The quantitative estimate of drug-likeness (QED) is 0.361. The molecule has 1 heterocycles. The second-order valence-corrected chi connectivity index (χ2v) is 6.98. The Morgan fingerprint density at radius 1 is 0.708 bits per heavy atom. The standard InChI is InChI=1S/C23H30O/c1-2-3-4-5-6-7-14-19-22-23(24-22,20-15-10-8-11-16-20)21-17-12-9-13-18-21/h8-13,15-18,22H,2-7,14,19H2,1H3. The van der Waals surface area contributed by atoms with E-state index in [9.17, 15) is 0 Å². The highest BCUT2D eigenvalue weighted by molar-refractivity contribution is 5.42. The third-order valence-electron chi connectivity index (χ3n) is 5.20. The van der Waals surface area contributed by atoms with E-state index in [4.69, 9.17) is 4.74 Å². The summed E-state index contributed by atoms with van der Waals surface area (Å²) in [5.41, 5.74) is 2.39. The normalized spacial score (nSPS) is 18.5. The number of hydrogen-bond acceptors (Lipinski definition) is 1. The van der Waals surface area contributed by atoms with Crippen LogP contribution < -0.4 is 0 Å². The van der Waals surface area contributed by atoms with E-state index in [0.29, 0.717) is 6.10 Å². The summed E-state index contributed by atoms with van der Waals surface area (Å²) >= 11 is 0. The zero-order valence-corrected chi connectivity index (χ0v) is 14.9. The highest BCUT2D eigenvalue weighted by Crippen LogP contribution is 2.53. The molecule has 1 aliphatic heterocycles. The molecule has 2 aromatic carbocycles. The van der Waals surface area contributed by atoms with Crippen LogP contribution in [0.25, 0.3) is 0 Å². The van der Waals surface area contributed by atoms with E-state index in [1.807, 2.05) is 0 Å². The first kappa shape index (κ1) is 17.2. The highest BCUT2D eigenvalue weighted by atomic mass is 16.6. The number of ether oxygens (including phenoxy) is 1. The van der Waals surface area contributed by atoms with Gasteiger partial charge in [-0.1, -0.05) is 113 Å². The fourth-order valence-electron chi connectivity index (χ4n) is 3.79. The molecule has 128 valence electrons. The van der Waals surface area contributed by atoms with Gasteiger partial charge in [-0.2, -0.15) is 0 Å². The predicted octanol–water partition coefficient (Wildman–Crippen LogP) is 6.47. The Hall–Kier alpha value is -1.60. The lowest BCUT2D eigenvalue weighted by atomic mass is 9.86. The van der Waals surface area contributed by atoms with Crippen molar-refractivity contribution in [2.45, 2.75) is 70.0 Å². The Bertz CT molecular complexity index is 550. The molecule has 0 spiro atoms. The monoisotopic (exact) mass is 322 g/mol. The Kier molecular flexibility index (Phi) is 6.09. The molecule has 1 unspecified atom stereocenters. The third kappa shape index (κ3) is 3.89. The highest BCUT2D eigenvalue weighted by Gasteiger charge is 2.58. The number of rotatable bonds is 10. The van der Waals surface area contributed by atoms with E-state index < -0.39 is 0 Å². The first-order chi connectivity index (χ1) is 11.9. The third-order valence-corrected chi connectivity index (χ3v) is 5.20. The molecule has 0 saturated carbocycles. The lowest BCUT2D eigenvalue weighted by molar-refractivity contribution is 0.321. The van der Waals surface area contributed by atoms with Crippen LogP contribution in [0.1, 0.15) is 69.4 Å². The van der Waals surface area contributed by atoms with Gasteiger partial charge in [-0.3, -0.25) is 0 Å². The van der Waals surface area contributed by atoms with Crippen LogP contribution in [0.3, 0.4) is 0 Å². The predicted molar refractivity (Wildman–Crippen MR) is 101 cm³/mol. The molecule has 0 N–H and O–H groups in total. The van der Waals surface area contributed by atoms with Gasteiger partial charge in [-0.05, 0) is 17.5 Å². The summed E-state index contributed by atoms with van der Waals surface area (Å²) in [7, 11) is 0. The van der Waals surface area contributed by atoms with Crippen LogP contribution in [0.4, 0.5) is 0 Å². The number of hydrogen-bond donors (Lipinski definition) is 0. The molecule has 3 rings (SSSR count). The topological polar surface area (TPSA) is 12.5 Å². The first-order valence-corrected chi connectivity index (χ1v) is 9.67. The smallest absolute Gasteiger partial charge is 0.145 e. The second-order valence-electron chi connectivity index (χ2n) is 6.98. The zero-order chi connectivity index (χ0) is 16.7. The molecule has 0 amide bonds. The molecule has 1 nitrogen and oxygen atoms in total. The minimum Gasteiger partial charge on any atom is -0.356 e. The maximum atomic E-state index is 6.32. The summed E-state index contributed by atoms with van der Waals surface area (Å²) in [5.74, 6) is 0. The summed E-state index contributed by atoms with van der Waals surface area (Å²) in [4.78, 5) is 0. The fraction of sp³-hybridized carbons (Fsp3) is 0.478. The molecule has 0 aliphatic carbocycles. The van der Waals surface area contributed by atoms with Gasteiger partial charge in [0, 0.05) is 0 Å². The lowest BCUT2D eigenvalue weighted by Gasteiger charge is -2.14. The molecular weight excluding hydrogens is 292 g/mol. The van der Waals surface area contributed by atoms with E-state index >= 15 is 0 Å². The van der Waals surface area contributed by atoms with Crippen LogP contribution in [-0.4, -0.2) is 6.10 Å². The van der Waals surface area contributed by atoms with Crippen molar-refractivity contribution in [3.05, 3.63) is 71.8 Å². The summed E-state index contributed by atoms with van der Waals surface area (Å²) in [6.45, 7) is 2.27. The molecule has 2 aromatic rings. The van der Waals surface area contributed by atoms with Crippen molar-refractivity contribution in [1.82, 2.24) is 0 Å². The van der Waals surface area contributed by atoms with Crippen molar-refractivity contribution >= 4 is 0 Å². The van der Waals surface area contributed by atoms with Crippen molar-refractivity contribution in [3.63, 3.8) is 0 Å². The van der Waals surface area contributed by atoms with Gasteiger partial charge in [-0.15, -0.1) is 0 Å². The molecule has 1 heteroatoms. The second kappa shape index (κ2) is 8.48. The van der Waals surface area contributed by atoms with Crippen LogP contribution in [0, 0.1) is 0 Å². The summed E-state index contributed by atoms with van der Waals surface area (Å²) < 4.78 is 6.32. The lowest BCUT2D eigenvalue weighted by Crippen LogP contribution is -2.15. The fourth-order valence-corrected chi connectivity index (χ4v) is 3.79. The van der Waals surface area contributed by atoms with Crippen molar-refractivity contribution in [2.24, 2.45) is 0 Å². The maximum absolute atomic E-state index is 6.32. The minimum absolute atomic E-state index is 0.204. The molecule has 1 atom stereocenters. The van der Waals surface area contributed by atoms with Gasteiger partial charge in [0.2, 0.25) is 0 Å². The van der Waals surface area contributed by atoms with Crippen molar-refractivity contribution in [3.8, 4) is 0 Å². The average Bonchev–Trinajstić information content (AvgIpc) is 3.38. The first-order valence-electron chi connectivity index (χ1n) is 9.67. The molecule has 0 bridgehead atoms. The van der Waals surface area contributed by atoms with Gasteiger partial charge in [0.05, 0.1) is 6.10 Å². The van der Waals surface area contributed by atoms with Gasteiger partial charge in [-0.25, -0.2) is 0 Å². The van der Waals surface area contributed by atoms with Crippen LogP contribution >= 0.6 is 0 Å². The largest absolute Gasteiger partial charge is 0.356 e. The van der Waals surface area contributed by atoms with Gasteiger partial charge in [0.15, 0.2) is 0 Å². The molecule has 1 aliphatic rings. The Morgan fingerprint density at radius 3 is 1.75 bits per heavy atom. The molecule has 1 saturated heterocycles. The van der Waals surface area contributed by atoms with Gasteiger partial charge >= 0.3 is 0 Å². The van der Waals surface area contributed by atoms with E-state index in [1.165, 1.54) is 56.1 Å². The number of benzene rings is 2. The van der Waals surface area contributed by atoms with E-state index in [1.54, 1.807) is 0 Å². The van der Waals surface area contributed by atoms with Crippen molar-refractivity contribution in [1.29, 1.82) is 0 Å². The van der Waals surface area contributed by atoms with E-state index in [0.717, 1.165) is 6.42 Å². The number of epoxide rings is 1. The molecule has 1 fully saturated rings. The number of unbranched alkanes of at least 4 members (excludes halogenated alkanes) is 6. The Labute approximate surface area is 147 Å². The maximum Gasteiger partial charge on any atom is 0.145 e. The summed E-state index contributed by atoms with van der Waals surface area (Å²) in [6.07, 6.45) is 11.0. The average molecular weight is 322 g/mol. The minimum atomic E-state index is -0.204. The van der Waals surface area contributed by atoms with Crippen molar-refractivity contribution < 1.29 is 4.74 Å². The Balaban J connectivity index is 1.57. The Morgan fingerprint density at radius 2 is 1.21 bits per heavy atom. The summed E-state index contributed by atoms with van der Waals surface area (Å²) in [5, 5.41) is 0. The molecular formula is C23H30O. The zero-order valence-electron chi connectivity index (χ0n) is 14.9. The van der Waals surface area contributed by atoms with Crippen molar-refractivity contribution in [2.75, 3.05) is 0 Å². The van der Waals surface area contributed by atoms with E-state index in [2.05, 4.69) is 67.6 Å². The SMILES string of the molecule is CCCCCCCCCC1OC1(c1ccccc1)c1ccccc1. The molecule has 24 heavy (non-hydrogen) atoms. The van der Waals surface area contributed by atoms with Crippen LogP contribution in [0.5, 0.6) is 0 Å². The van der Waals surface area contributed by atoms with Crippen LogP contribution in [0.2, 0.25) is 0 Å². The van der Waals surface area contributed by atoms with Gasteiger partial charge < -0.3 is 4.74 Å². The van der Waals surface area contributed by atoms with Crippen LogP contribution in [0.15, 0.2) is 60.7 Å². The molecule has 0 radical (unpaired) electrons. The van der Waals surface area contributed by atoms with Crippen LogP contribution in [-0.2, 0) is 10.3 Å².